The Morgan fingerprint density at radius 3 is 2.73 bits per heavy atom. The Morgan fingerprint density at radius 2 is 2.09 bits per heavy atom. The average Bonchev–Trinajstić information content (AvgIpc) is 2.49. The van der Waals surface area contributed by atoms with E-state index in [1.54, 1.807) is 19.2 Å². The molecule has 1 rings (SSSR count). The van der Waals surface area contributed by atoms with Crippen molar-refractivity contribution in [2.45, 2.75) is 24.3 Å². The fourth-order valence-electron chi connectivity index (χ4n) is 1.82. The van der Waals surface area contributed by atoms with Crippen LogP contribution in [0, 0.1) is 0 Å². The number of rotatable bonds is 8. The van der Waals surface area contributed by atoms with Gasteiger partial charge in [0.05, 0.1) is 4.90 Å². The molecule has 1 aromatic rings. The van der Waals surface area contributed by atoms with E-state index in [-0.39, 0.29) is 4.90 Å². The maximum absolute atomic E-state index is 11.3. The zero-order valence-corrected chi connectivity index (χ0v) is 14.6. The van der Waals surface area contributed by atoms with Crippen molar-refractivity contribution in [3.05, 3.63) is 29.8 Å². The van der Waals surface area contributed by atoms with Crippen LogP contribution in [0.25, 0.3) is 0 Å². The topological polar surface area (TPSA) is 96.6 Å². The zero-order valence-electron chi connectivity index (χ0n) is 13.0. The smallest absolute Gasteiger partial charge is 0.238 e. The second kappa shape index (κ2) is 9.70. The van der Waals surface area contributed by atoms with Gasteiger partial charge in [0.15, 0.2) is 5.96 Å². The van der Waals surface area contributed by atoms with Crippen molar-refractivity contribution in [2.75, 3.05) is 25.6 Å². The van der Waals surface area contributed by atoms with E-state index >= 15 is 0 Å². The molecule has 0 atom stereocenters. The van der Waals surface area contributed by atoms with Gasteiger partial charge in [-0.1, -0.05) is 12.1 Å². The maximum Gasteiger partial charge on any atom is 0.238 e. The molecule has 0 bridgehead atoms. The number of nitrogens with one attached hydrogen (secondary N) is 2. The van der Waals surface area contributed by atoms with Gasteiger partial charge in [0, 0.05) is 20.1 Å². The van der Waals surface area contributed by atoms with Crippen molar-refractivity contribution in [2.24, 2.45) is 10.1 Å². The molecule has 124 valence electrons. The van der Waals surface area contributed by atoms with Crippen molar-refractivity contribution in [1.29, 1.82) is 0 Å². The van der Waals surface area contributed by atoms with Gasteiger partial charge in [-0.25, -0.2) is 13.6 Å². The molecule has 0 radical (unpaired) electrons. The number of nitrogens with two attached hydrogens (primary N) is 1. The molecule has 0 aliphatic heterocycles. The minimum absolute atomic E-state index is 0.117. The fourth-order valence-corrected chi connectivity index (χ4v) is 2.89. The van der Waals surface area contributed by atoms with E-state index < -0.39 is 10.0 Å². The van der Waals surface area contributed by atoms with Gasteiger partial charge in [-0.2, -0.15) is 11.8 Å². The Morgan fingerprint density at radius 1 is 1.32 bits per heavy atom. The molecular formula is C14H24N4O2S2. The third kappa shape index (κ3) is 7.15. The summed E-state index contributed by atoms with van der Waals surface area (Å²) in [6.07, 6.45) is 4.35. The molecule has 22 heavy (non-hydrogen) atoms. The lowest BCUT2D eigenvalue weighted by molar-refractivity contribution is 0.597. The summed E-state index contributed by atoms with van der Waals surface area (Å²) >= 11 is 1.84. The van der Waals surface area contributed by atoms with Gasteiger partial charge in [-0.05, 0) is 42.5 Å². The molecule has 0 heterocycles. The molecule has 0 unspecified atom stereocenters. The summed E-state index contributed by atoms with van der Waals surface area (Å²) in [4.78, 5) is 4.26. The maximum atomic E-state index is 11.3. The number of aliphatic imine (C=N–C) groups is 1. The van der Waals surface area contributed by atoms with Crippen LogP contribution in [0.2, 0.25) is 0 Å². The second-order valence-electron chi connectivity index (χ2n) is 4.74. The third-order valence-corrected chi connectivity index (χ3v) is 4.59. The van der Waals surface area contributed by atoms with E-state index in [0.717, 1.165) is 24.3 Å². The first-order chi connectivity index (χ1) is 10.5. The minimum atomic E-state index is -3.67. The molecule has 0 aliphatic carbocycles. The van der Waals surface area contributed by atoms with Crippen LogP contribution in [0.15, 0.2) is 34.2 Å². The van der Waals surface area contributed by atoms with Crippen LogP contribution in [0.3, 0.4) is 0 Å². The van der Waals surface area contributed by atoms with E-state index in [9.17, 15) is 8.42 Å². The Labute approximate surface area is 137 Å². The van der Waals surface area contributed by atoms with Crippen LogP contribution in [-0.4, -0.2) is 40.0 Å². The molecule has 0 aromatic heterocycles. The first kappa shape index (κ1) is 18.8. The van der Waals surface area contributed by atoms with Crippen molar-refractivity contribution < 1.29 is 8.42 Å². The molecule has 1 aromatic carbocycles. The molecule has 0 saturated carbocycles. The highest BCUT2D eigenvalue weighted by Crippen LogP contribution is 2.09. The quantitative estimate of drug-likeness (QED) is 0.373. The van der Waals surface area contributed by atoms with Crippen LogP contribution >= 0.6 is 11.8 Å². The summed E-state index contributed by atoms with van der Waals surface area (Å²) in [5, 5.41) is 11.5. The van der Waals surface area contributed by atoms with Crippen LogP contribution in [0.4, 0.5) is 0 Å². The average molecular weight is 345 g/mol. The summed E-state index contributed by atoms with van der Waals surface area (Å²) < 4.78 is 22.7. The van der Waals surface area contributed by atoms with Gasteiger partial charge in [-0.3, -0.25) is 4.99 Å². The highest BCUT2D eigenvalue weighted by Gasteiger charge is 2.08. The minimum Gasteiger partial charge on any atom is -0.356 e. The number of hydrogen-bond acceptors (Lipinski definition) is 4. The SMILES string of the molecule is CN=C(NCCCCSC)NCc1cccc(S(N)(=O)=O)c1. The number of unbranched alkanes of at least 4 members (excludes halogenated alkanes) is 1. The molecule has 0 amide bonds. The Bertz CT molecular complexity index is 588. The molecule has 4 N–H and O–H groups in total. The predicted molar refractivity (Wildman–Crippen MR) is 93.6 cm³/mol. The highest BCUT2D eigenvalue weighted by atomic mass is 32.2. The Hall–Kier alpha value is -1.25. The standard InChI is InChI=1S/C14H24N4O2S2/c1-16-14(17-8-3-4-9-21-2)18-11-12-6-5-7-13(10-12)22(15,19)20/h5-7,10H,3-4,8-9,11H2,1-2H3,(H2,15,19,20)(H2,16,17,18). The lowest BCUT2D eigenvalue weighted by Crippen LogP contribution is -2.37. The molecular weight excluding hydrogens is 320 g/mol. The van der Waals surface area contributed by atoms with Gasteiger partial charge in [0.1, 0.15) is 0 Å². The van der Waals surface area contributed by atoms with E-state index in [4.69, 9.17) is 5.14 Å². The zero-order chi connectivity index (χ0) is 16.4. The second-order valence-corrected chi connectivity index (χ2v) is 7.29. The van der Waals surface area contributed by atoms with Crippen molar-refractivity contribution in [1.82, 2.24) is 10.6 Å². The third-order valence-electron chi connectivity index (χ3n) is 2.98. The summed E-state index contributed by atoms with van der Waals surface area (Å²) in [6, 6.07) is 6.56. The van der Waals surface area contributed by atoms with Crippen LogP contribution in [0.1, 0.15) is 18.4 Å². The lowest BCUT2D eigenvalue weighted by atomic mass is 10.2. The van der Waals surface area contributed by atoms with Gasteiger partial charge in [0.25, 0.3) is 0 Å². The van der Waals surface area contributed by atoms with Crippen molar-refractivity contribution >= 4 is 27.7 Å². The highest BCUT2D eigenvalue weighted by molar-refractivity contribution is 7.98. The summed E-state index contributed by atoms with van der Waals surface area (Å²) in [6.45, 7) is 1.34. The first-order valence-corrected chi connectivity index (χ1v) is 9.96. The number of hydrogen-bond donors (Lipinski definition) is 3. The molecule has 6 nitrogen and oxygen atoms in total. The molecule has 0 aliphatic rings. The molecule has 0 fully saturated rings. The van der Waals surface area contributed by atoms with Crippen LogP contribution < -0.4 is 15.8 Å². The van der Waals surface area contributed by atoms with E-state index in [1.165, 1.54) is 12.5 Å². The van der Waals surface area contributed by atoms with E-state index in [2.05, 4.69) is 21.9 Å². The Balaban J connectivity index is 2.47. The Kier molecular flexibility index (Phi) is 8.29. The number of benzene rings is 1. The van der Waals surface area contributed by atoms with Crippen LogP contribution in [0.5, 0.6) is 0 Å². The van der Waals surface area contributed by atoms with Gasteiger partial charge in [-0.15, -0.1) is 0 Å². The number of sulfonamides is 1. The first-order valence-electron chi connectivity index (χ1n) is 7.02. The monoisotopic (exact) mass is 344 g/mol. The number of thioether (sulfide) groups is 1. The van der Waals surface area contributed by atoms with Crippen LogP contribution in [-0.2, 0) is 16.6 Å². The normalized spacial score (nSPS) is 12.2. The van der Waals surface area contributed by atoms with Crippen molar-refractivity contribution in [3.8, 4) is 0 Å². The summed E-state index contributed by atoms with van der Waals surface area (Å²) in [5.74, 6) is 1.86. The fraction of sp³-hybridized carbons (Fsp3) is 0.500. The van der Waals surface area contributed by atoms with Gasteiger partial charge < -0.3 is 10.6 Å². The van der Waals surface area contributed by atoms with E-state index in [1.807, 2.05) is 17.8 Å². The number of nitrogens with zero attached hydrogens (tertiary/aromatic N) is 1. The molecule has 0 spiro atoms. The lowest BCUT2D eigenvalue weighted by Gasteiger charge is -2.12. The largest absolute Gasteiger partial charge is 0.356 e. The molecule has 8 heteroatoms. The number of guanidine groups is 1. The predicted octanol–water partition coefficient (Wildman–Crippen LogP) is 1.14. The number of primary sulfonamides is 1. The van der Waals surface area contributed by atoms with Gasteiger partial charge in [0.2, 0.25) is 10.0 Å². The van der Waals surface area contributed by atoms with E-state index in [0.29, 0.717) is 12.5 Å². The molecule has 0 saturated heterocycles. The van der Waals surface area contributed by atoms with Crippen molar-refractivity contribution in [3.63, 3.8) is 0 Å². The summed E-state index contributed by atoms with van der Waals surface area (Å²) in [5.41, 5.74) is 0.830. The van der Waals surface area contributed by atoms with Gasteiger partial charge >= 0.3 is 0 Å². The summed E-state index contributed by atoms with van der Waals surface area (Å²) in [7, 11) is -1.96.